The van der Waals surface area contributed by atoms with E-state index >= 15 is 0 Å². The molecule has 1 atom stereocenters. The molecule has 1 aliphatic rings. The Bertz CT molecular complexity index is 880. The molecule has 0 bridgehead atoms. The Morgan fingerprint density at radius 2 is 2.17 bits per heavy atom. The Morgan fingerprint density at radius 3 is 3.00 bits per heavy atom. The summed E-state index contributed by atoms with van der Waals surface area (Å²) in [7, 11) is 0. The highest BCUT2D eigenvalue weighted by atomic mass is 16.2. The lowest BCUT2D eigenvalue weighted by Gasteiger charge is -2.24. The SMILES string of the molecule is Cc1cnn(CC2CCCN2C(=O)c2nccc3ccccc23)c1. The maximum absolute atomic E-state index is 13.1. The van der Waals surface area contributed by atoms with Crippen molar-refractivity contribution >= 4 is 16.7 Å². The first-order chi connectivity index (χ1) is 11.7. The van der Waals surface area contributed by atoms with Crippen molar-refractivity contribution in [2.45, 2.75) is 32.4 Å². The molecule has 3 heterocycles. The van der Waals surface area contributed by atoms with Crippen LogP contribution in [-0.2, 0) is 6.54 Å². The Morgan fingerprint density at radius 1 is 1.29 bits per heavy atom. The predicted molar refractivity (Wildman–Crippen MR) is 92.8 cm³/mol. The van der Waals surface area contributed by atoms with E-state index in [1.807, 2.05) is 59.2 Å². The quantitative estimate of drug-likeness (QED) is 0.745. The van der Waals surface area contributed by atoms with Crippen LogP contribution in [0.4, 0.5) is 0 Å². The van der Waals surface area contributed by atoms with Gasteiger partial charge in [-0.2, -0.15) is 5.10 Å². The van der Waals surface area contributed by atoms with Crippen molar-refractivity contribution < 1.29 is 4.79 Å². The monoisotopic (exact) mass is 320 g/mol. The summed E-state index contributed by atoms with van der Waals surface area (Å²) in [5.74, 6) is 0.0261. The summed E-state index contributed by atoms with van der Waals surface area (Å²) >= 11 is 0. The number of hydrogen-bond acceptors (Lipinski definition) is 3. The van der Waals surface area contributed by atoms with E-state index in [9.17, 15) is 4.79 Å². The number of amides is 1. The number of carbonyl (C=O) groups is 1. The number of likely N-dealkylation sites (tertiary alicyclic amines) is 1. The van der Waals surface area contributed by atoms with Crippen molar-refractivity contribution in [3.63, 3.8) is 0 Å². The van der Waals surface area contributed by atoms with Gasteiger partial charge in [0.2, 0.25) is 0 Å². The number of aromatic nitrogens is 3. The van der Waals surface area contributed by atoms with Crippen molar-refractivity contribution in [2.75, 3.05) is 6.54 Å². The molecule has 1 fully saturated rings. The summed E-state index contributed by atoms with van der Waals surface area (Å²) in [5, 5.41) is 6.33. The molecule has 1 amide bonds. The topological polar surface area (TPSA) is 51.0 Å². The molecule has 0 spiro atoms. The van der Waals surface area contributed by atoms with Gasteiger partial charge in [0.05, 0.1) is 18.8 Å². The second-order valence-electron chi connectivity index (χ2n) is 6.42. The van der Waals surface area contributed by atoms with Crippen molar-refractivity contribution in [3.8, 4) is 0 Å². The van der Waals surface area contributed by atoms with E-state index in [1.165, 1.54) is 0 Å². The second-order valence-corrected chi connectivity index (χ2v) is 6.42. The zero-order chi connectivity index (χ0) is 16.5. The molecule has 122 valence electrons. The molecule has 4 rings (SSSR count). The molecule has 0 saturated carbocycles. The minimum Gasteiger partial charge on any atom is -0.332 e. The van der Waals surface area contributed by atoms with E-state index in [4.69, 9.17) is 0 Å². The van der Waals surface area contributed by atoms with Crippen molar-refractivity contribution in [1.29, 1.82) is 0 Å². The van der Waals surface area contributed by atoms with Gasteiger partial charge in [0, 0.05) is 24.3 Å². The van der Waals surface area contributed by atoms with Gasteiger partial charge in [-0.25, -0.2) is 0 Å². The molecule has 24 heavy (non-hydrogen) atoms. The number of rotatable bonds is 3. The number of pyridine rings is 1. The third-order valence-corrected chi connectivity index (χ3v) is 4.67. The largest absolute Gasteiger partial charge is 0.332 e. The highest BCUT2D eigenvalue weighted by Crippen LogP contribution is 2.24. The number of carbonyl (C=O) groups excluding carboxylic acids is 1. The maximum Gasteiger partial charge on any atom is 0.273 e. The molecule has 0 aliphatic carbocycles. The first kappa shape index (κ1) is 14.9. The lowest BCUT2D eigenvalue weighted by molar-refractivity contribution is 0.0718. The van der Waals surface area contributed by atoms with Crippen LogP contribution in [-0.4, -0.2) is 38.2 Å². The van der Waals surface area contributed by atoms with Crippen LogP contribution in [0.3, 0.4) is 0 Å². The molecule has 5 heteroatoms. The number of fused-ring (bicyclic) bond motifs is 1. The summed E-state index contributed by atoms with van der Waals surface area (Å²) in [4.78, 5) is 19.4. The fourth-order valence-electron chi connectivity index (χ4n) is 3.50. The van der Waals surface area contributed by atoms with Crippen LogP contribution in [0.25, 0.3) is 10.8 Å². The van der Waals surface area contributed by atoms with Crippen molar-refractivity contribution in [3.05, 3.63) is 60.2 Å². The van der Waals surface area contributed by atoms with E-state index in [1.54, 1.807) is 6.20 Å². The van der Waals surface area contributed by atoms with Crippen LogP contribution in [0, 0.1) is 6.92 Å². The molecule has 1 saturated heterocycles. The van der Waals surface area contributed by atoms with Crippen molar-refractivity contribution in [1.82, 2.24) is 19.7 Å². The summed E-state index contributed by atoms with van der Waals surface area (Å²) < 4.78 is 1.93. The number of nitrogens with zero attached hydrogens (tertiary/aromatic N) is 4. The van der Waals surface area contributed by atoms with Gasteiger partial charge in [-0.05, 0) is 36.8 Å². The zero-order valence-corrected chi connectivity index (χ0v) is 13.7. The molecule has 0 radical (unpaired) electrons. The lowest BCUT2D eigenvalue weighted by atomic mass is 10.1. The van der Waals surface area contributed by atoms with E-state index in [2.05, 4.69) is 10.1 Å². The summed E-state index contributed by atoms with van der Waals surface area (Å²) in [6.45, 7) is 3.56. The fourth-order valence-corrected chi connectivity index (χ4v) is 3.50. The number of aryl methyl sites for hydroxylation is 1. The minimum atomic E-state index is 0.0261. The average molecular weight is 320 g/mol. The van der Waals surface area contributed by atoms with Crippen LogP contribution < -0.4 is 0 Å². The van der Waals surface area contributed by atoms with Gasteiger partial charge in [0.1, 0.15) is 5.69 Å². The van der Waals surface area contributed by atoms with Crippen LogP contribution in [0.15, 0.2) is 48.9 Å². The summed E-state index contributed by atoms with van der Waals surface area (Å²) in [6.07, 6.45) is 7.64. The van der Waals surface area contributed by atoms with Gasteiger partial charge in [0.25, 0.3) is 5.91 Å². The average Bonchev–Trinajstić information content (AvgIpc) is 3.23. The number of benzene rings is 1. The lowest BCUT2D eigenvalue weighted by Crippen LogP contribution is -2.38. The molecule has 1 unspecified atom stereocenters. The highest BCUT2D eigenvalue weighted by molar-refractivity contribution is 6.05. The standard InChI is InChI=1S/C19H20N4O/c1-14-11-21-22(12-14)13-16-6-4-10-23(16)19(24)18-17-7-3-2-5-15(17)8-9-20-18/h2-3,5,7-9,11-12,16H,4,6,10,13H2,1H3. The summed E-state index contributed by atoms with van der Waals surface area (Å²) in [5.41, 5.74) is 1.69. The van der Waals surface area contributed by atoms with E-state index in [0.29, 0.717) is 5.69 Å². The summed E-state index contributed by atoms with van der Waals surface area (Å²) in [6, 6.07) is 10.0. The molecular weight excluding hydrogens is 300 g/mol. The minimum absolute atomic E-state index is 0.0261. The second kappa shape index (κ2) is 6.07. The van der Waals surface area contributed by atoms with Gasteiger partial charge >= 0.3 is 0 Å². The third-order valence-electron chi connectivity index (χ3n) is 4.67. The zero-order valence-electron chi connectivity index (χ0n) is 13.7. The van der Waals surface area contributed by atoms with Crippen molar-refractivity contribution in [2.24, 2.45) is 0 Å². The molecule has 0 N–H and O–H groups in total. The Hall–Kier alpha value is -2.69. The van der Waals surface area contributed by atoms with E-state index < -0.39 is 0 Å². The van der Waals surface area contributed by atoms with E-state index in [-0.39, 0.29) is 11.9 Å². The Balaban J connectivity index is 1.62. The Kier molecular flexibility index (Phi) is 3.76. The third kappa shape index (κ3) is 2.66. The van der Waals surface area contributed by atoms with Gasteiger partial charge in [-0.1, -0.05) is 24.3 Å². The molecular formula is C19H20N4O. The fraction of sp³-hybridized carbons (Fsp3) is 0.316. The van der Waals surface area contributed by atoms with Gasteiger partial charge in [0.15, 0.2) is 0 Å². The first-order valence-corrected chi connectivity index (χ1v) is 8.36. The van der Waals surface area contributed by atoms with Gasteiger partial charge in [-0.3, -0.25) is 14.5 Å². The van der Waals surface area contributed by atoms with Crippen LogP contribution >= 0.6 is 0 Å². The smallest absolute Gasteiger partial charge is 0.273 e. The van der Waals surface area contributed by atoms with Gasteiger partial charge < -0.3 is 4.90 Å². The highest BCUT2D eigenvalue weighted by Gasteiger charge is 2.31. The van der Waals surface area contributed by atoms with Crippen LogP contribution in [0.2, 0.25) is 0 Å². The molecule has 2 aromatic heterocycles. The van der Waals surface area contributed by atoms with Gasteiger partial charge in [-0.15, -0.1) is 0 Å². The van der Waals surface area contributed by atoms with Crippen LogP contribution in [0.5, 0.6) is 0 Å². The molecule has 1 aliphatic heterocycles. The maximum atomic E-state index is 13.1. The van der Waals surface area contributed by atoms with E-state index in [0.717, 1.165) is 42.3 Å². The Labute approximate surface area is 140 Å². The first-order valence-electron chi connectivity index (χ1n) is 8.36. The normalized spacial score (nSPS) is 17.5. The molecule has 5 nitrogen and oxygen atoms in total. The van der Waals surface area contributed by atoms with Crippen LogP contribution in [0.1, 0.15) is 28.9 Å². The molecule has 1 aromatic carbocycles. The predicted octanol–water partition coefficient (Wildman–Crippen LogP) is 3.04. The number of hydrogen-bond donors (Lipinski definition) is 0. The molecule has 3 aromatic rings.